The molecule has 0 aliphatic carbocycles. The van der Waals surface area contributed by atoms with Crippen LogP contribution in [0.4, 0.5) is 0 Å². The van der Waals surface area contributed by atoms with E-state index < -0.39 is 0 Å². The van der Waals surface area contributed by atoms with E-state index in [0.717, 1.165) is 19.6 Å². The molecule has 0 bridgehead atoms. The van der Waals surface area contributed by atoms with Gasteiger partial charge >= 0.3 is 0 Å². The van der Waals surface area contributed by atoms with E-state index >= 15 is 0 Å². The van der Waals surface area contributed by atoms with Crippen LogP contribution in [0.3, 0.4) is 0 Å². The molecule has 0 spiro atoms. The SMILES string of the molecule is CC(C(N)=O)N1CCNC[C@@H]1C. The van der Waals surface area contributed by atoms with Crippen molar-refractivity contribution in [2.45, 2.75) is 25.9 Å². The fourth-order valence-electron chi connectivity index (χ4n) is 1.60. The predicted octanol–water partition coefficient (Wildman–Crippen LogP) is -0.846. The minimum Gasteiger partial charge on any atom is -0.368 e. The van der Waals surface area contributed by atoms with Crippen LogP contribution in [0.15, 0.2) is 0 Å². The van der Waals surface area contributed by atoms with Crippen LogP contribution in [0.5, 0.6) is 0 Å². The number of carbonyl (C=O) groups excluding carboxylic acids is 1. The molecule has 0 radical (unpaired) electrons. The molecule has 1 fully saturated rings. The van der Waals surface area contributed by atoms with Crippen molar-refractivity contribution in [1.29, 1.82) is 0 Å². The third kappa shape index (κ3) is 1.95. The van der Waals surface area contributed by atoms with Gasteiger partial charge in [-0.25, -0.2) is 0 Å². The quantitative estimate of drug-likeness (QED) is 0.569. The number of rotatable bonds is 2. The molecule has 0 aromatic carbocycles. The van der Waals surface area contributed by atoms with Crippen LogP contribution in [0.25, 0.3) is 0 Å². The van der Waals surface area contributed by atoms with Crippen molar-refractivity contribution in [2.24, 2.45) is 5.73 Å². The van der Waals surface area contributed by atoms with E-state index in [1.807, 2.05) is 6.92 Å². The summed E-state index contributed by atoms with van der Waals surface area (Å²) in [4.78, 5) is 13.0. The van der Waals surface area contributed by atoms with Gasteiger partial charge in [0, 0.05) is 25.7 Å². The van der Waals surface area contributed by atoms with Crippen LogP contribution in [0, 0.1) is 0 Å². The lowest BCUT2D eigenvalue weighted by atomic mass is 10.1. The van der Waals surface area contributed by atoms with Crippen molar-refractivity contribution in [3.05, 3.63) is 0 Å². The molecule has 0 aromatic rings. The third-order valence-corrected chi connectivity index (χ3v) is 2.46. The Balaban J connectivity index is 2.53. The zero-order valence-electron chi connectivity index (χ0n) is 7.71. The van der Waals surface area contributed by atoms with Gasteiger partial charge in [-0.1, -0.05) is 0 Å². The minimum atomic E-state index is -0.233. The van der Waals surface area contributed by atoms with Gasteiger partial charge < -0.3 is 11.1 Å². The Bertz CT molecular complexity index is 172. The summed E-state index contributed by atoms with van der Waals surface area (Å²) in [7, 11) is 0. The largest absolute Gasteiger partial charge is 0.368 e. The molecular formula is C8H17N3O. The van der Waals surface area contributed by atoms with E-state index in [9.17, 15) is 4.79 Å². The number of nitrogens with two attached hydrogens (primary N) is 1. The highest BCUT2D eigenvalue weighted by molar-refractivity contribution is 5.79. The molecule has 70 valence electrons. The first-order valence-electron chi connectivity index (χ1n) is 4.38. The lowest BCUT2D eigenvalue weighted by Gasteiger charge is -2.36. The molecule has 1 amide bonds. The topological polar surface area (TPSA) is 58.4 Å². The van der Waals surface area contributed by atoms with Crippen molar-refractivity contribution in [2.75, 3.05) is 19.6 Å². The van der Waals surface area contributed by atoms with Gasteiger partial charge in [0.2, 0.25) is 5.91 Å². The summed E-state index contributed by atoms with van der Waals surface area (Å²) in [5, 5.41) is 3.26. The minimum absolute atomic E-state index is 0.137. The number of piperazine rings is 1. The summed E-state index contributed by atoms with van der Waals surface area (Å²) < 4.78 is 0. The molecule has 1 unspecified atom stereocenters. The highest BCUT2D eigenvalue weighted by Gasteiger charge is 2.25. The Kier molecular flexibility index (Phi) is 3.05. The van der Waals surface area contributed by atoms with Crippen LogP contribution in [-0.2, 0) is 4.79 Å². The van der Waals surface area contributed by atoms with Crippen LogP contribution in [0.1, 0.15) is 13.8 Å². The normalized spacial score (nSPS) is 28.3. The van der Waals surface area contributed by atoms with E-state index in [1.54, 1.807) is 0 Å². The Morgan fingerprint density at radius 2 is 2.42 bits per heavy atom. The van der Waals surface area contributed by atoms with Gasteiger partial charge in [-0.2, -0.15) is 0 Å². The Morgan fingerprint density at radius 3 is 2.92 bits per heavy atom. The van der Waals surface area contributed by atoms with Gasteiger partial charge in [-0.05, 0) is 13.8 Å². The van der Waals surface area contributed by atoms with Crippen LogP contribution < -0.4 is 11.1 Å². The Hall–Kier alpha value is -0.610. The van der Waals surface area contributed by atoms with Gasteiger partial charge in [-0.15, -0.1) is 0 Å². The second-order valence-corrected chi connectivity index (χ2v) is 3.37. The van der Waals surface area contributed by atoms with Gasteiger partial charge in [-0.3, -0.25) is 9.69 Å². The second-order valence-electron chi connectivity index (χ2n) is 3.37. The molecule has 3 N–H and O–H groups in total. The molecule has 2 atom stereocenters. The first-order valence-corrected chi connectivity index (χ1v) is 4.38. The van der Waals surface area contributed by atoms with Crippen molar-refractivity contribution < 1.29 is 4.79 Å². The molecule has 1 aliphatic heterocycles. The van der Waals surface area contributed by atoms with Crippen molar-refractivity contribution in [3.63, 3.8) is 0 Å². The average Bonchev–Trinajstić information content (AvgIpc) is 2.04. The molecule has 4 nitrogen and oxygen atoms in total. The molecule has 1 rings (SSSR count). The molecule has 1 saturated heterocycles. The molecule has 1 heterocycles. The zero-order valence-corrected chi connectivity index (χ0v) is 7.71. The third-order valence-electron chi connectivity index (χ3n) is 2.46. The number of primary amides is 1. The van der Waals surface area contributed by atoms with E-state index in [-0.39, 0.29) is 11.9 Å². The second kappa shape index (κ2) is 3.87. The van der Waals surface area contributed by atoms with Crippen LogP contribution in [0.2, 0.25) is 0 Å². The first kappa shape index (κ1) is 9.48. The van der Waals surface area contributed by atoms with E-state index in [1.165, 1.54) is 0 Å². The molecule has 1 aliphatic rings. The summed E-state index contributed by atoms with van der Waals surface area (Å²) in [6.45, 7) is 6.76. The number of carbonyl (C=O) groups is 1. The molecule has 0 aromatic heterocycles. The molecule has 4 heteroatoms. The van der Waals surface area contributed by atoms with E-state index in [2.05, 4.69) is 17.1 Å². The van der Waals surface area contributed by atoms with Crippen molar-refractivity contribution >= 4 is 5.91 Å². The molecule has 0 saturated carbocycles. The fraction of sp³-hybridized carbons (Fsp3) is 0.875. The maximum Gasteiger partial charge on any atom is 0.234 e. The average molecular weight is 171 g/mol. The monoisotopic (exact) mass is 171 g/mol. The molecular weight excluding hydrogens is 154 g/mol. The van der Waals surface area contributed by atoms with E-state index in [4.69, 9.17) is 5.73 Å². The Labute approximate surface area is 73.1 Å². The summed E-state index contributed by atoms with van der Waals surface area (Å²) in [5.41, 5.74) is 5.23. The first-order chi connectivity index (χ1) is 5.63. The number of nitrogens with one attached hydrogen (secondary N) is 1. The molecule has 12 heavy (non-hydrogen) atoms. The summed E-state index contributed by atoms with van der Waals surface area (Å²) >= 11 is 0. The fourth-order valence-corrected chi connectivity index (χ4v) is 1.60. The van der Waals surface area contributed by atoms with Gasteiger partial charge in [0.25, 0.3) is 0 Å². The zero-order chi connectivity index (χ0) is 9.14. The number of hydrogen-bond donors (Lipinski definition) is 2. The Morgan fingerprint density at radius 1 is 1.75 bits per heavy atom. The van der Waals surface area contributed by atoms with Crippen LogP contribution in [-0.4, -0.2) is 42.5 Å². The predicted molar refractivity (Wildman–Crippen MR) is 47.7 cm³/mol. The number of nitrogens with zero attached hydrogens (tertiary/aromatic N) is 1. The summed E-state index contributed by atoms with van der Waals surface area (Å²) in [6, 6.07) is 0.267. The lowest BCUT2D eigenvalue weighted by molar-refractivity contribution is -0.123. The number of amides is 1. The highest BCUT2D eigenvalue weighted by atomic mass is 16.1. The standard InChI is InChI=1S/C8H17N3O/c1-6-5-10-3-4-11(6)7(2)8(9)12/h6-7,10H,3-5H2,1-2H3,(H2,9,12)/t6-,7?/m0/s1. The number of hydrogen-bond acceptors (Lipinski definition) is 3. The smallest absolute Gasteiger partial charge is 0.234 e. The summed E-state index contributed by atoms with van der Waals surface area (Å²) in [5.74, 6) is -0.233. The van der Waals surface area contributed by atoms with Crippen molar-refractivity contribution in [1.82, 2.24) is 10.2 Å². The van der Waals surface area contributed by atoms with Gasteiger partial charge in [0.15, 0.2) is 0 Å². The van der Waals surface area contributed by atoms with E-state index in [0.29, 0.717) is 6.04 Å². The van der Waals surface area contributed by atoms with Gasteiger partial charge in [0.05, 0.1) is 6.04 Å². The highest BCUT2D eigenvalue weighted by Crippen LogP contribution is 2.06. The lowest BCUT2D eigenvalue weighted by Crippen LogP contribution is -2.56. The summed E-state index contributed by atoms with van der Waals surface area (Å²) in [6.07, 6.45) is 0. The van der Waals surface area contributed by atoms with Crippen LogP contribution >= 0.6 is 0 Å². The van der Waals surface area contributed by atoms with Gasteiger partial charge in [0.1, 0.15) is 0 Å². The maximum atomic E-state index is 10.9. The van der Waals surface area contributed by atoms with Crippen molar-refractivity contribution in [3.8, 4) is 0 Å². The maximum absolute atomic E-state index is 10.9.